The number of ether oxygens (including phenoxy) is 1. The lowest BCUT2D eigenvalue weighted by atomic mass is 10.1. The van der Waals surface area contributed by atoms with Crippen LogP contribution in [0.25, 0.3) is 0 Å². The molecule has 0 fully saturated rings. The summed E-state index contributed by atoms with van der Waals surface area (Å²) in [6, 6.07) is 0.728. The molecule has 0 aromatic carbocycles. The number of carbonyl (C=O) groups is 1. The van der Waals surface area contributed by atoms with Gasteiger partial charge < -0.3 is 4.74 Å². The normalized spacial score (nSPS) is 11.1. The van der Waals surface area contributed by atoms with Crippen LogP contribution in [0.4, 0.5) is 13.2 Å². The number of nitrogens with zero attached hydrogens (tertiary/aromatic N) is 1. The van der Waals surface area contributed by atoms with Crippen LogP contribution in [0.3, 0.4) is 0 Å². The van der Waals surface area contributed by atoms with Crippen LogP contribution in [-0.2, 0) is 6.18 Å². The molecule has 0 aliphatic heterocycles. The molecule has 0 aliphatic carbocycles. The van der Waals surface area contributed by atoms with E-state index in [-0.39, 0.29) is 12.2 Å². The molecular formula is C8H6F3NO2. The molecule has 6 heteroatoms. The summed E-state index contributed by atoms with van der Waals surface area (Å²) in [6.07, 6.45) is -3.56. The summed E-state index contributed by atoms with van der Waals surface area (Å²) >= 11 is 0. The Balaban J connectivity index is 3.37. The maximum atomic E-state index is 12.3. The number of halogens is 3. The van der Waals surface area contributed by atoms with Crippen molar-refractivity contribution in [3.63, 3.8) is 0 Å². The zero-order chi connectivity index (χ0) is 10.8. The van der Waals surface area contributed by atoms with Crippen molar-refractivity contribution in [3.8, 4) is 5.88 Å². The third-order valence-electron chi connectivity index (χ3n) is 1.57. The SMILES string of the molecule is COc1nccc(C(F)(F)F)c1C=O. The molecule has 0 N–H and O–H groups in total. The van der Waals surface area contributed by atoms with E-state index in [0.29, 0.717) is 0 Å². The summed E-state index contributed by atoms with van der Waals surface area (Å²) in [7, 11) is 1.15. The third kappa shape index (κ3) is 1.84. The highest BCUT2D eigenvalue weighted by atomic mass is 19.4. The molecule has 0 atom stereocenters. The van der Waals surface area contributed by atoms with Crippen molar-refractivity contribution in [1.29, 1.82) is 0 Å². The van der Waals surface area contributed by atoms with E-state index in [4.69, 9.17) is 0 Å². The fourth-order valence-electron chi connectivity index (χ4n) is 0.978. The zero-order valence-electron chi connectivity index (χ0n) is 7.13. The number of alkyl halides is 3. The average Bonchev–Trinajstić information content (AvgIpc) is 2.15. The van der Waals surface area contributed by atoms with E-state index >= 15 is 0 Å². The summed E-state index contributed by atoms with van der Waals surface area (Å²) in [4.78, 5) is 13.9. The molecule has 0 aliphatic rings. The van der Waals surface area contributed by atoms with Crippen LogP contribution in [0.5, 0.6) is 5.88 Å². The Bertz CT molecular complexity index is 349. The average molecular weight is 205 g/mol. The predicted octanol–water partition coefficient (Wildman–Crippen LogP) is 1.92. The van der Waals surface area contributed by atoms with Crippen LogP contribution in [-0.4, -0.2) is 18.4 Å². The Morgan fingerprint density at radius 2 is 2.14 bits per heavy atom. The fraction of sp³-hybridized carbons (Fsp3) is 0.250. The van der Waals surface area contributed by atoms with E-state index in [9.17, 15) is 18.0 Å². The molecule has 1 heterocycles. The second-order valence-electron chi connectivity index (χ2n) is 2.40. The number of hydrogen-bond donors (Lipinski definition) is 0. The molecule has 0 unspecified atom stereocenters. The molecule has 0 saturated carbocycles. The van der Waals surface area contributed by atoms with Gasteiger partial charge in [-0.3, -0.25) is 4.79 Å². The van der Waals surface area contributed by atoms with Crippen molar-refractivity contribution in [2.24, 2.45) is 0 Å². The summed E-state index contributed by atoms with van der Waals surface area (Å²) < 4.78 is 41.5. The van der Waals surface area contributed by atoms with Gasteiger partial charge in [-0.25, -0.2) is 4.98 Å². The van der Waals surface area contributed by atoms with Crippen LogP contribution in [0.2, 0.25) is 0 Å². The Hall–Kier alpha value is -1.59. The summed E-state index contributed by atoms with van der Waals surface area (Å²) in [6.45, 7) is 0. The van der Waals surface area contributed by atoms with Crippen LogP contribution < -0.4 is 4.74 Å². The van der Waals surface area contributed by atoms with Gasteiger partial charge in [0.15, 0.2) is 6.29 Å². The maximum Gasteiger partial charge on any atom is 0.417 e. The number of rotatable bonds is 2. The highest BCUT2D eigenvalue weighted by Crippen LogP contribution is 2.33. The van der Waals surface area contributed by atoms with E-state index in [1.165, 1.54) is 0 Å². The van der Waals surface area contributed by atoms with Gasteiger partial charge >= 0.3 is 6.18 Å². The van der Waals surface area contributed by atoms with E-state index < -0.39 is 17.3 Å². The number of aromatic nitrogens is 1. The van der Waals surface area contributed by atoms with Gasteiger partial charge in [0.05, 0.1) is 18.2 Å². The molecule has 1 rings (SSSR count). The van der Waals surface area contributed by atoms with Crippen LogP contribution >= 0.6 is 0 Å². The lowest BCUT2D eigenvalue weighted by Crippen LogP contribution is -2.10. The number of pyridine rings is 1. The second kappa shape index (κ2) is 3.65. The number of hydrogen-bond acceptors (Lipinski definition) is 3. The van der Waals surface area contributed by atoms with Crippen molar-refractivity contribution in [2.75, 3.05) is 7.11 Å². The lowest BCUT2D eigenvalue weighted by molar-refractivity contribution is -0.138. The largest absolute Gasteiger partial charge is 0.480 e. The fourth-order valence-corrected chi connectivity index (χ4v) is 0.978. The molecule has 0 radical (unpaired) electrons. The first-order chi connectivity index (χ1) is 6.50. The highest BCUT2D eigenvalue weighted by molar-refractivity contribution is 5.80. The van der Waals surface area contributed by atoms with Gasteiger partial charge in [0.2, 0.25) is 5.88 Å². The second-order valence-corrected chi connectivity index (χ2v) is 2.40. The molecule has 1 aromatic heterocycles. The monoisotopic (exact) mass is 205 g/mol. The van der Waals surface area contributed by atoms with Gasteiger partial charge in [-0.05, 0) is 6.07 Å². The first kappa shape index (κ1) is 10.5. The van der Waals surface area contributed by atoms with Crippen molar-refractivity contribution >= 4 is 6.29 Å². The standard InChI is InChI=1S/C8H6F3NO2/c1-14-7-5(4-13)6(2-3-12-7)8(9,10)11/h2-4H,1H3. The molecule has 76 valence electrons. The zero-order valence-corrected chi connectivity index (χ0v) is 7.13. The first-order valence-corrected chi connectivity index (χ1v) is 3.56. The molecule has 0 spiro atoms. The minimum atomic E-state index is -4.58. The van der Waals surface area contributed by atoms with Crippen LogP contribution in [0.1, 0.15) is 15.9 Å². The summed E-state index contributed by atoms with van der Waals surface area (Å²) in [5.41, 5.74) is -1.62. The van der Waals surface area contributed by atoms with Gasteiger partial charge in [0.1, 0.15) is 0 Å². The Labute approximate surface area is 77.5 Å². The molecule has 14 heavy (non-hydrogen) atoms. The van der Waals surface area contributed by atoms with Crippen LogP contribution in [0.15, 0.2) is 12.3 Å². The molecule has 0 amide bonds. The predicted molar refractivity (Wildman–Crippen MR) is 41.2 cm³/mol. The number of carbonyl (C=O) groups excluding carboxylic acids is 1. The Kier molecular flexibility index (Phi) is 2.73. The quantitative estimate of drug-likeness (QED) is 0.692. The van der Waals surface area contributed by atoms with Crippen LogP contribution in [0, 0.1) is 0 Å². The summed E-state index contributed by atoms with van der Waals surface area (Å²) in [5.74, 6) is -0.324. The lowest BCUT2D eigenvalue weighted by Gasteiger charge is -2.10. The van der Waals surface area contributed by atoms with E-state index in [1.54, 1.807) is 0 Å². The van der Waals surface area contributed by atoms with Crippen molar-refractivity contribution < 1.29 is 22.7 Å². The first-order valence-electron chi connectivity index (χ1n) is 3.56. The molecule has 3 nitrogen and oxygen atoms in total. The Morgan fingerprint density at radius 1 is 1.50 bits per heavy atom. The van der Waals surface area contributed by atoms with Crippen molar-refractivity contribution in [3.05, 3.63) is 23.4 Å². The molecular weight excluding hydrogens is 199 g/mol. The molecule has 0 bridgehead atoms. The maximum absolute atomic E-state index is 12.3. The topological polar surface area (TPSA) is 39.2 Å². The van der Waals surface area contributed by atoms with Gasteiger partial charge in [-0.2, -0.15) is 13.2 Å². The van der Waals surface area contributed by atoms with E-state index in [2.05, 4.69) is 9.72 Å². The van der Waals surface area contributed by atoms with Gasteiger partial charge in [0, 0.05) is 6.20 Å². The molecule has 0 saturated heterocycles. The van der Waals surface area contributed by atoms with Gasteiger partial charge in [-0.15, -0.1) is 0 Å². The van der Waals surface area contributed by atoms with E-state index in [1.807, 2.05) is 0 Å². The van der Waals surface area contributed by atoms with Gasteiger partial charge in [0.25, 0.3) is 0 Å². The van der Waals surface area contributed by atoms with Gasteiger partial charge in [-0.1, -0.05) is 0 Å². The third-order valence-corrected chi connectivity index (χ3v) is 1.57. The minimum Gasteiger partial charge on any atom is -0.480 e. The molecule has 1 aromatic rings. The van der Waals surface area contributed by atoms with Crippen molar-refractivity contribution in [2.45, 2.75) is 6.18 Å². The Morgan fingerprint density at radius 3 is 2.57 bits per heavy atom. The smallest absolute Gasteiger partial charge is 0.417 e. The minimum absolute atomic E-state index is 0.0780. The van der Waals surface area contributed by atoms with Crippen molar-refractivity contribution in [1.82, 2.24) is 4.98 Å². The summed E-state index contributed by atoms with van der Waals surface area (Å²) in [5, 5.41) is 0. The van der Waals surface area contributed by atoms with E-state index in [0.717, 1.165) is 19.4 Å². The number of methoxy groups -OCH3 is 1. The highest BCUT2D eigenvalue weighted by Gasteiger charge is 2.34. The number of aldehydes is 1.